The number of hydrogen-bond donors (Lipinski definition) is 2. The molecule has 2 aromatic heterocycles. The van der Waals surface area contributed by atoms with Crippen LogP contribution in [-0.4, -0.2) is 80.4 Å². The van der Waals surface area contributed by atoms with Crippen molar-refractivity contribution in [2.24, 2.45) is 0 Å². The largest absolute Gasteiger partial charge is 0.338 e. The van der Waals surface area contributed by atoms with Crippen LogP contribution in [0.2, 0.25) is 0 Å². The third-order valence-corrected chi connectivity index (χ3v) is 4.66. The Morgan fingerprint density at radius 3 is 2.48 bits per heavy atom. The fourth-order valence-corrected chi connectivity index (χ4v) is 3.11. The highest BCUT2D eigenvalue weighted by Crippen LogP contribution is 2.12. The summed E-state index contributed by atoms with van der Waals surface area (Å²) in [5.41, 5.74) is 1.52. The van der Waals surface area contributed by atoms with E-state index in [4.69, 9.17) is 0 Å². The number of nitrogens with one attached hydrogen (secondary N) is 2. The quantitative estimate of drug-likeness (QED) is 0.617. The van der Waals surface area contributed by atoms with Gasteiger partial charge in [0.2, 0.25) is 5.95 Å². The first kappa shape index (κ1) is 18.7. The Labute approximate surface area is 167 Å². The summed E-state index contributed by atoms with van der Waals surface area (Å²) in [5.74, 6) is 0.774. The summed E-state index contributed by atoms with van der Waals surface area (Å²) in [4.78, 5) is 25.2. The summed E-state index contributed by atoms with van der Waals surface area (Å²) < 4.78 is 1.55. The number of benzene rings is 1. The zero-order chi connectivity index (χ0) is 19.9. The number of nitrogens with zero attached hydrogens (tertiary/aromatic N) is 8. The van der Waals surface area contributed by atoms with Crippen LogP contribution in [0.3, 0.4) is 0 Å². The first-order valence-corrected chi connectivity index (χ1v) is 9.40. The van der Waals surface area contributed by atoms with Crippen LogP contribution in [0.1, 0.15) is 0 Å². The van der Waals surface area contributed by atoms with Crippen LogP contribution in [0.4, 0.5) is 16.4 Å². The zero-order valence-corrected chi connectivity index (χ0v) is 15.8. The van der Waals surface area contributed by atoms with Gasteiger partial charge in [-0.1, -0.05) is 0 Å². The van der Waals surface area contributed by atoms with Crippen LogP contribution in [-0.2, 0) is 0 Å². The SMILES string of the molecule is O=C(NCCN1CCN(c2ncccn2)CC1)Nc1ccc(-n2cnnn2)cc1. The molecule has 1 saturated heterocycles. The molecule has 0 radical (unpaired) electrons. The molecule has 0 saturated carbocycles. The van der Waals surface area contributed by atoms with E-state index in [0.29, 0.717) is 12.2 Å². The minimum Gasteiger partial charge on any atom is -0.338 e. The van der Waals surface area contributed by atoms with E-state index < -0.39 is 0 Å². The van der Waals surface area contributed by atoms with Gasteiger partial charge in [-0.25, -0.2) is 19.4 Å². The number of amides is 2. The van der Waals surface area contributed by atoms with Crippen molar-refractivity contribution in [2.75, 3.05) is 49.5 Å². The van der Waals surface area contributed by atoms with E-state index in [1.54, 1.807) is 17.1 Å². The molecule has 150 valence electrons. The van der Waals surface area contributed by atoms with Crippen LogP contribution in [0.5, 0.6) is 0 Å². The van der Waals surface area contributed by atoms with E-state index in [2.05, 4.69) is 45.9 Å². The summed E-state index contributed by atoms with van der Waals surface area (Å²) in [7, 11) is 0. The summed E-state index contributed by atoms with van der Waals surface area (Å²) in [6, 6.07) is 8.88. The molecule has 11 nitrogen and oxygen atoms in total. The molecular weight excluding hydrogens is 372 g/mol. The molecule has 0 unspecified atom stereocenters. The highest BCUT2D eigenvalue weighted by Gasteiger charge is 2.18. The Balaban J connectivity index is 1.16. The third kappa shape index (κ3) is 5.02. The Bertz CT molecular complexity index is 892. The maximum atomic E-state index is 12.1. The standard InChI is InChI=1S/C18H22N10O/c29-18(23-15-2-4-16(5-3-15)28-14-22-24-25-28)21-8-9-26-10-12-27(13-11-26)17-19-6-1-7-20-17/h1-7,14H,8-13H2,(H2,21,23,29). The normalized spacial score (nSPS) is 14.6. The molecule has 3 heterocycles. The van der Waals surface area contributed by atoms with Crippen LogP contribution >= 0.6 is 0 Å². The Morgan fingerprint density at radius 2 is 1.79 bits per heavy atom. The van der Waals surface area contributed by atoms with Gasteiger partial charge in [-0.3, -0.25) is 4.90 Å². The second-order valence-electron chi connectivity index (χ2n) is 6.56. The van der Waals surface area contributed by atoms with Gasteiger partial charge in [0.05, 0.1) is 5.69 Å². The average Bonchev–Trinajstić information content (AvgIpc) is 3.30. The van der Waals surface area contributed by atoms with Crippen molar-refractivity contribution in [1.82, 2.24) is 40.4 Å². The summed E-state index contributed by atoms with van der Waals surface area (Å²) in [5, 5.41) is 16.7. The number of piperazine rings is 1. The molecule has 0 aliphatic carbocycles. The average molecular weight is 394 g/mol. The van der Waals surface area contributed by atoms with E-state index in [-0.39, 0.29) is 6.03 Å². The van der Waals surface area contributed by atoms with E-state index in [1.165, 1.54) is 6.33 Å². The summed E-state index contributed by atoms with van der Waals surface area (Å²) in [6.07, 6.45) is 5.04. The van der Waals surface area contributed by atoms with E-state index in [0.717, 1.165) is 44.4 Å². The van der Waals surface area contributed by atoms with Crippen LogP contribution in [0.25, 0.3) is 5.69 Å². The highest BCUT2D eigenvalue weighted by atomic mass is 16.2. The zero-order valence-electron chi connectivity index (χ0n) is 15.8. The molecule has 1 aliphatic rings. The molecule has 1 fully saturated rings. The number of rotatable bonds is 6. The molecule has 4 rings (SSSR count). The van der Waals surface area contributed by atoms with Gasteiger partial charge < -0.3 is 15.5 Å². The second-order valence-corrected chi connectivity index (χ2v) is 6.56. The van der Waals surface area contributed by atoms with Gasteiger partial charge in [0.25, 0.3) is 0 Å². The van der Waals surface area contributed by atoms with Crippen molar-refractivity contribution in [3.8, 4) is 5.69 Å². The Morgan fingerprint density at radius 1 is 1.03 bits per heavy atom. The van der Waals surface area contributed by atoms with Gasteiger partial charge in [0.1, 0.15) is 6.33 Å². The molecule has 0 spiro atoms. The minimum atomic E-state index is -0.225. The molecule has 1 aromatic carbocycles. The second kappa shape index (κ2) is 9.06. The van der Waals surface area contributed by atoms with Gasteiger partial charge in [-0.2, -0.15) is 0 Å². The van der Waals surface area contributed by atoms with Crippen molar-refractivity contribution in [3.05, 3.63) is 49.1 Å². The smallest absolute Gasteiger partial charge is 0.319 e. The minimum absolute atomic E-state index is 0.225. The lowest BCUT2D eigenvalue weighted by molar-refractivity contribution is 0.240. The molecule has 11 heteroatoms. The Hall–Kier alpha value is -3.60. The van der Waals surface area contributed by atoms with E-state index in [1.807, 2.05) is 30.3 Å². The van der Waals surface area contributed by atoms with Gasteiger partial charge in [0, 0.05) is 57.3 Å². The molecule has 1 aliphatic heterocycles. The van der Waals surface area contributed by atoms with Crippen molar-refractivity contribution >= 4 is 17.7 Å². The maximum Gasteiger partial charge on any atom is 0.319 e. The molecule has 0 atom stereocenters. The number of aromatic nitrogens is 6. The van der Waals surface area contributed by atoms with Gasteiger partial charge in [-0.05, 0) is 40.8 Å². The predicted octanol–water partition coefficient (Wildman–Crippen LogP) is 0.396. The molecule has 29 heavy (non-hydrogen) atoms. The van der Waals surface area contributed by atoms with Gasteiger partial charge in [0.15, 0.2) is 0 Å². The number of tetrazole rings is 1. The van der Waals surface area contributed by atoms with Crippen LogP contribution < -0.4 is 15.5 Å². The highest BCUT2D eigenvalue weighted by molar-refractivity contribution is 5.89. The number of carbonyl (C=O) groups excluding carboxylic acids is 1. The van der Waals surface area contributed by atoms with E-state index in [9.17, 15) is 4.79 Å². The maximum absolute atomic E-state index is 12.1. The number of hydrogen-bond acceptors (Lipinski definition) is 8. The Kier molecular flexibility index (Phi) is 5.86. The van der Waals surface area contributed by atoms with Gasteiger partial charge >= 0.3 is 6.03 Å². The number of anilines is 2. The fraction of sp³-hybridized carbons (Fsp3) is 0.333. The lowest BCUT2D eigenvalue weighted by Gasteiger charge is -2.34. The van der Waals surface area contributed by atoms with Crippen molar-refractivity contribution in [1.29, 1.82) is 0 Å². The molecule has 3 aromatic rings. The first-order chi connectivity index (χ1) is 14.3. The lowest BCUT2D eigenvalue weighted by atomic mass is 10.3. The van der Waals surface area contributed by atoms with Crippen molar-refractivity contribution < 1.29 is 4.79 Å². The van der Waals surface area contributed by atoms with Gasteiger partial charge in [-0.15, -0.1) is 5.10 Å². The van der Waals surface area contributed by atoms with Crippen LogP contribution in [0.15, 0.2) is 49.1 Å². The summed E-state index contributed by atoms with van der Waals surface area (Å²) >= 11 is 0. The molecule has 2 N–H and O–H groups in total. The van der Waals surface area contributed by atoms with Crippen molar-refractivity contribution in [3.63, 3.8) is 0 Å². The topological polar surface area (TPSA) is 117 Å². The number of urea groups is 1. The predicted molar refractivity (Wildman–Crippen MR) is 107 cm³/mol. The molecular formula is C18H22N10O. The molecule has 2 amide bonds. The number of carbonyl (C=O) groups is 1. The van der Waals surface area contributed by atoms with Crippen LogP contribution in [0, 0.1) is 0 Å². The first-order valence-electron chi connectivity index (χ1n) is 9.40. The lowest BCUT2D eigenvalue weighted by Crippen LogP contribution is -2.49. The third-order valence-electron chi connectivity index (χ3n) is 4.66. The molecule has 0 bridgehead atoms. The summed E-state index contributed by atoms with van der Waals surface area (Å²) in [6.45, 7) is 4.97. The van der Waals surface area contributed by atoms with Crippen molar-refractivity contribution in [2.45, 2.75) is 0 Å². The monoisotopic (exact) mass is 394 g/mol. The fourth-order valence-electron chi connectivity index (χ4n) is 3.11. The van der Waals surface area contributed by atoms with E-state index >= 15 is 0 Å².